The van der Waals surface area contributed by atoms with Crippen molar-refractivity contribution in [2.75, 3.05) is 17.2 Å². The number of thiocarbonyl (C=S) groups is 1. The molecule has 3 nitrogen and oxygen atoms in total. The molecule has 0 aliphatic carbocycles. The summed E-state index contributed by atoms with van der Waals surface area (Å²) in [4.78, 5) is 0. The van der Waals surface area contributed by atoms with Crippen molar-refractivity contribution in [1.82, 2.24) is 0 Å². The Kier molecular flexibility index (Phi) is 4.06. The lowest BCUT2D eigenvalue weighted by Crippen LogP contribution is -2.19. The van der Waals surface area contributed by atoms with Crippen LogP contribution in [0.2, 0.25) is 0 Å². The molecule has 2 aromatic rings. The summed E-state index contributed by atoms with van der Waals surface area (Å²) in [6, 6.07) is 14.1. The van der Waals surface area contributed by atoms with E-state index in [0.29, 0.717) is 5.11 Å². The Labute approximate surface area is 130 Å². The van der Waals surface area contributed by atoms with Crippen LogP contribution in [-0.2, 0) is 6.42 Å². The van der Waals surface area contributed by atoms with Crippen molar-refractivity contribution in [3.8, 4) is 5.75 Å². The molecule has 0 aromatic heterocycles. The van der Waals surface area contributed by atoms with Gasteiger partial charge in [0.05, 0.1) is 6.61 Å². The quantitative estimate of drug-likeness (QED) is 0.817. The third kappa shape index (κ3) is 3.34. The molecule has 108 valence electrons. The number of fused-ring (bicyclic) bond motifs is 1. The van der Waals surface area contributed by atoms with Gasteiger partial charge in [0.2, 0.25) is 0 Å². The van der Waals surface area contributed by atoms with Gasteiger partial charge in [0.25, 0.3) is 0 Å². The van der Waals surface area contributed by atoms with E-state index in [1.165, 1.54) is 5.56 Å². The van der Waals surface area contributed by atoms with Crippen molar-refractivity contribution in [3.05, 3.63) is 53.6 Å². The summed E-state index contributed by atoms with van der Waals surface area (Å²) in [5.74, 6) is 1.04. The summed E-state index contributed by atoms with van der Waals surface area (Å²) in [7, 11) is 0. The standard InChI is InChI=1S/C17H18N2OS/c1-12-10-15(11-13-6-5-9-20-16(12)13)19-17(21)18-14-7-3-2-4-8-14/h2-4,7-8,10-11H,5-6,9H2,1H3,(H2,18,19,21). The zero-order valence-corrected chi connectivity index (χ0v) is 12.8. The minimum Gasteiger partial charge on any atom is -0.493 e. The van der Waals surface area contributed by atoms with E-state index in [4.69, 9.17) is 17.0 Å². The Hall–Kier alpha value is -2.07. The molecule has 2 aromatic carbocycles. The van der Waals surface area contributed by atoms with Gasteiger partial charge in [-0.2, -0.15) is 0 Å². The molecular weight excluding hydrogens is 280 g/mol. The first-order chi connectivity index (χ1) is 10.2. The smallest absolute Gasteiger partial charge is 0.175 e. The molecule has 0 saturated carbocycles. The number of hydrogen-bond acceptors (Lipinski definition) is 2. The Morgan fingerprint density at radius 3 is 2.67 bits per heavy atom. The highest BCUT2D eigenvalue weighted by Gasteiger charge is 2.14. The van der Waals surface area contributed by atoms with Crippen LogP contribution in [0.4, 0.5) is 11.4 Å². The fourth-order valence-corrected chi connectivity index (χ4v) is 2.80. The van der Waals surface area contributed by atoms with Gasteiger partial charge in [0.15, 0.2) is 5.11 Å². The first kappa shape index (κ1) is 13.9. The van der Waals surface area contributed by atoms with Crippen LogP contribution in [0.1, 0.15) is 17.5 Å². The number of anilines is 2. The maximum atomic E-state index is 5.73. The summed E-state index contributed by atoms with van der Waals surface area (Å²) in [6.07, 6.45) is 2.13. The molecule has 1 aliphatic heterocycles. The molecule has 3 rings (SSSR count). The van der Waals surface area contributed by atoms with E-state index in [-0.39, 0.29) is 0 Å². The minimum absolute atomic E-state index is 0.595. The van der Waals surface area contributed by atoms with Crippen LogP contribution in [0, 0.1) is 6.92 Å². The van der Waals surface area contributed by atoms with Crippen LogP contribution < -0.4 is 15.4 Å². The van der Waals surface area contributed by atoms with E-state index in [1.807, 2.05) is 30.3 Å². The van der Waals surface area contributed by atoms with Gasteiger partial charge in [0.1, 0.15) is 5.75 Å². The monoisotopic (exact) mass is 298 g/mol. The molecule has 1 aliphatic rings. The molecule has 0 bridgehead atoms. The zero-order chi connectivity index (χ0) is 14.7. The molecule has 0 saturated heterocycles. The first-order valence-corrected chi connectivity index (χ1v) is 7.52. The molecule has 21 heavy (non-hydrogen) atoms. The van der Waals surface area contributed by atoms with Crippen molar-refractivity contribution in [2.24, 2.45) is 0 Å². The first-order valence-electron chi connectivity index (χ1n) is 7.12. The highest BCUT2D eigenvalue weighted by Crippen LogP contribution is 2.31. The van der Waals surface area contributed by atoms with Gasteiger partial charge in [0, 0.05) is 11.4 Å². The lowest BCUT2D eigenvalue weighted by molar-refractivity contribution is 0.286. The molecule has 0 unspecified atom stereocenters. The summed E-state index contributed by atoms with van der Waals surface area (Å²) < 4.78 is 5.73. The topological polar surface area (TPSA) is 33.3 Å². The average Bonchev–Trinajstić information content (AvgIpc) is 2.48. The lowest BCUT2D eigenvalue weighted by Gasteiger charge is -2.21. The number of aryl methyl sites for hydroxylation is 2. The Morgan fingerprint density at radius 2 is 1.86 bits per heavy atom. The summed E-state index contributed by atoms with van der Waals surface area (Å²) in [5.41, 5.74) is 4.39. The largest absolute Gasteiger partial charge is 0.493 e. The Balaban J connectivity index is 1.73. The van der Waals surface area contributed by atoms with Crippen molar-refractivity contribution >= 4 is 28.7 Å². The van der Waals surface area contributed by atoms with Gasteiger partial charge in [-0.25, -0.2) is 0 Å². The molecule has 0 spiro atoms. The third-order valence-electron chi connectivity index (χ3n) is 3.48. The SMILES string of the molecule is Cc1cc(NC(=S)Nc2ccccc2)cc2c1OCCC2. The Morgan fingerprint density at radius 1 is 1.10 bits per heavy atom. The molecule has 0 amide bonds. The number of hydrogen-bond donors (Lipinski definition) is 2. The van der Waals surface area contributed by atoms with E-state index in [0.717, 1.165) is 42.1 Å². The molecule has 1 heterocycles. The second-order valence-corrected chi connectivity index (χ2v) is 5.59. The minimum atomic E-state index is 0.595. The van der Waals surface area contributed by atoms with Crippen molar-refractivity contribution < 1.29 is 4.74 Å². The number of nitrogens with one attached hydrogen (secondary N) is 2. The third-order valence-corrected chi connectivity index (χ3v) is 3.68. The summed E-state index contributed by atoms with van der Waals surface area (Å²) in [6.45, 7) is 2.89. The predicted octanol–water partition coefficient (Wildman–Crippen LogP) is 4.13. The van der Waals surface area contributed by atoms with E-state index < -0.39 is 0 Å². The molecule has 4 heteroatoms. The van der Waals surface area contributed by atoms with Crippen LogP contribution in [0.3, 0.4) is 0 Å². The van der Waals surface area contributed by atoms with Crippen LogP contribution in [0.15, 0.2) is 42.5 Å². The number of ether oxygens (including phenoxy) is 1. The van der Waals surface area contributed by atoms with Crippen molar-refractivity contribution in [1.29, 1.82) is 0 Å². The molecule has 0 atom stereocenters. The summed E-state index contributed by atoms with van der Waals surface area (Å²) in [5, 5.41) is 7.02. The van der Waals surface area contributed by atoms with Crippen LogP contribution in [0.5, 0.6) is 5.75 Å². The zero-order valence-electron chi connectivity index (χ0n) is 12.0. The van der Waals surface area contributed by atoms with Crippen LogP contribution in [-0.4, -0.2) is 11.7 Å². The fraction of sp³-hybridized carbons (Fsp3) is 0.235. The summed E-state index contributed by atoms with van der Waals surface area (Å²) >= 11 is 5.36. The van der Waals surface area contributed by atoms with Gasteiger partial charge in [-0.05, 0) is 67.4 Å². The molecule has 0 fully saturated rings. The van der Waals surface area contributed by atoms with E-state index in [2.05, 4.69) is 29.7 Å². The maximum absolute atomic E-state index is 5.73. The normalized spacial score (nSPS) is 13.0. The maximum Gasteiger partial charge on any atom is 0.175 e. The predicted molar refractivity (Wildman–Crippen MR) is 91.3 cm³/mol. The number of rotatable bonds is 2. The van der Waals surface area contributed by atoms with Gasteiger partial charge in [-0.1, -0.05) is 18.2 Å². The van der Waals surface area contributed by atoms with Gasteiger partial charge in [-0.15, -0.1) is 0 Å². The number of para-hydroxylation sites is 1. The fourth-order valence-electron chi connectivity index (χ4n) is 2.56. The van der Waals surface area contributed by atoms with Crippen molar-refractivity contribution in [2.45, 2.75) is 19.8 Å². The number of benzene rings is 2. The van der Waals surface area contributed by atoms with E-state index >= 15 is 0 Å². The van der Waals surface area contributed by atoms with Crippen LogP contribution >= 0.6 is 12.2 Å². The molecule has 2 N–H and O–H groups in total. The lowest BCUT2D eigenvalue weighted by atomic mass is 10.0. The average molecular weight is 298 g/mol. The van der Waals surface area contributed by atoms with Gasteiger partial charge < -0.3 is 15.4 Å². The van der Waals surface area contributed by atoms with E-state index in [1.54, 1.807) is 0 Å². The molecule has 0 radical (unpaired) electrons. The van der Waals surface area contributed by atoms with Crippen molar-refractivity contribution in [3.63, 3.8) is 0 Å². The molecular formula is C17H18N2OS. The second-order valence-electron chi connectivity index (χ2n) is 5.18. The Bertz CT molecular complexity index is 655. The highest BCUT2D eigenvalue weighted by molar-refractivity contribution is 7.80. The highest BCUT2D eigenvalue weighted by atomic mass is 32.1. The second kappa shape index (κ2) is 6.14. The van der Waals surface area contributed by atoms with Gasteiger partial charge >= 0.3 is 0 Å². The van der Waals surface area contributed by atoms with E-state index in [9.17, 15) is 0 Å². The van der Waals surface area contributed by atoms with Crippen LogP contribution in [0.25, 0.3) is 0 Å². The van der Waals surface area contributed by atoms with Gasteiger partial charge in [-0.3, -0.25) is 0 Å².